The molecule has 0 aliphatic carbocycles. The van der Waals surface area contributed by atoms with Gasteiger partial charge in [0.05, 0.1) is 36.4 Å². The molecule has 3 aromatic heterocycles. The maximum Gasteiger partial charge on any atom is 0.274 e. The number of hydrogen-bond donors (Lipinski definition) is 3. The normalized spacial score (nSPS) is 21.1. The molecule has 3 aliphatic heterocycles. The minimum Gasteiger partial charge on any atom is -0.377 e. The van der Waals surface area contributed by atoms with Crippen LogP contribution in [-0.4, -0.2) is 102 Å². The van der Waals surface area contributed by atoms with Crippen LogP contribution in [0, 0.1) is 0 Å². The summed E-state index contributed by atoms with van der Waals surface area (Å²) in [5.41, 5.74) is 4.58. The number of nitrogens with one attached hydrogen (secondary N) is 3. The molecule has 3 aliphatic rings. The van der Waals surface area contributed by atoms with Crippen LogP contribution in [0.25, 0.3) is 22.3 Å². The van der Waals surface area contributed by atoms with Crippen LogP contribution >= 0.6 is 0 Å². The van der Waals surface area contributed by atoms with Gasteiger partial charge in [-0.2, -0.15) is 0 Å². The van der Waals surface area contributed by atoms with E-state index in [0.29, 0.717) is 36.6 Å². The van der Waals surface area contributed by atoms with E-state index >= 15 is 0 Å². The molecule has 3 atom stereocenters. The topological polar surface area (TPSA) is 163 Å². The molecular formula is C35H40N8O5S. The summed E-state index contributed by atoms with van der Waals surface area (Å²) >= 11 is 0. The Balaban J connectivity index is 0.969. The molecule has 0 unspecified atom stereocenters. The first-order valence-electron chi connectivity index (χ1n) is 16.5. The number of anilines is 2. The number of H-pyrrole nitrogens is 1. The van der Waals surface area contributed by atoms with Crippen molar-refractivity contribution in [3.05, 3.63) is 78.4 Å². The van der Waals surface area contributed by atoms with E-state index in [1.807, 2.05) is 30.3 Å². The van der Waals surface area contributed by atoms with Crippen LogP contribution in [0.5, 0.6) is 0 Å². The number of likely N-dealkylation sites (tertiary alicyclic amines) is 1. The summed E-state index contributed by atoms with van der Waals surface area (Å²) in [6.07, 6.45) is 8.20. The standard InChI is InChI=1S/C35H40N8O5S/c1-22(20-49(2,46)47)34(44)40-26-4-3-13-42(17-26)16-23-11-12-36-31(14-23)35(45)39-25-7-5-24(6-8-25)30-15-29-32(41-30)37-21-38-33(29)43-27-9-10-28(43)19-48-18-27/h5-8,11-12,14-15,21,26-28H,1,3-4,9-10,13,16-20H2,2H3,(H,39,45)(H,40,44)(H,37,38,41)/t26-,27-,28+/m1/s1. The number of sulfone groups is 1. The van der Waals surface area contributed by atoms with Gasteiger partial charge in [-0.05, 0) is 73.7 Å². The first kappa shape index (κ1) is 32.9. The number of aromatic nitrogens is 4. The summed E-state index contributed by atoms with van der Waals surface area (Å²) in [6, 6.07) is 14.0. The van der Waals surface area contributed by atoms with Gasteiger partial charge in [0.25, 0.3) is 5.91 Å². The molecule has 0 spiro atoms. The van der Waals surface area contributed by atoms with Crippen LogP contribution in [-0.2, 0) is 25.9 Å². The predicted octanol–water partition coefficient (Wildman–Crippen LogP) is 3.32. The zero-order valence-electron chi connectivity index (χ0n) is 27.4. The van der Waals surface area contributed by atoms with Gasteiger partial charge in [0.1, 0.15) is 23.5 Å². The Labute approximate surface area is 285 Å². The van der Waals surface area contributed by atoms with E-state index in [1.54, 1.807) is 18.6 Å². The third-order valence-corrected chi connectivity index (χ3v) is 10.3. The van der Waals surface area contributed by atoms with Gasteiger partial charge in [0.15, 0.2) is 9.84 Å². The second kappa shape index (κ2) is 13.7. The van der Waals surface area contributed by atoms with Crippen molar-refractivity contribution in [3.63, 3.8) is 0 Å². The smallest absolute Gasteiger partial charge is 0.274 e. The van der Waals surface area contributed by atoms with Crippen LogP contribution in [0.1, 0.15) is 41.7 Å². The fourth-order valence-electron chi connectivity index (χ4n) is 7.13. The Kier molecular flexibility index (Phi) is 9.18. The third-order valence-electron chi connectivity index (χ3n) is 9.40. The van der Waals surface area contributed by atoms with Gasteiger partial charge >= 0.3 is 0 Å². The average Bonchev–Trinajstić information content (AvgIpc) is 3.62. The molecule has 0 saturated carbocycles. The number of fused-ring (bicyclic) bond motifs is 3. The highest BCUT2D eigenvalue weighted by Gasteiger charge is 2.39. The molecule has 3 N–H and O–H groups in total. The van der Waals surface area contributed by atoms with E-state index in [0.717, 1.165) is 85.4 Å². The number of pyridine rings is 1. The number of carbonyl (C=O) groups is 2. The van der Waals surface area contributed by atoms with Crippen molar-refractivity contribution < 1.29 is 22.7 Å². The fourth-order valence-corrected chi connectivity index (χ4v) is 7.90. The van der Waals surface area contributed by atoms with E-state index in [2.05, 4.69) is 53.0 Å². The fraction of sp³-hybridized carbons (Fsp3) is 0.400. The molecule has 0 radical (unpaired) electrons. The van der Waals surface area contributed by atoms with Crippen molar-refractivity contribution in [2.45, 2.75) is 50.4 Å². The third kappa shape index (κ3) is 7.51. The van der Waals surface area contributed by atoms with Crippen molar-refractivity contribution in [1.82, 2.24) is 30.2 Å². The van der Waals surface area contributed by atoms with Crippen LogP contribution in [0.4, 0.5) is 11.5 Å². The van der Waals surface area contributed by atoms with Crippen LogP contribution in [0.15, 0.2) is 67.1 Å². The first-order chi connectivity index (χ1) is 23.6. The minimum absolute atomic E-state index is 0.0382. The van der Waals surface area contributed by atoms with Crippen LogP contribution in [0.2, 0.25) is 0 Å². The number of carbonyl (C=O) groups excluding carboxylic acids is 2. The van der Waals surface area contributed by atoms with Crippen molar-refractivity contribution in [2.24, 2.45) is 0 Å². The van der Waals surface area contributed by atoms with Gasteiger partial charge < -0.3 is 25.3 Å². The number of benzene rings is 1. The van der Waals surface area contributed by atoms with Crippen molar-refractivity contribution in [2.75, 3.05) is 48.5 Å². The molecule has 3 fully saturated rings. The highest BCUT2D eigenvalue weighted by molar-refractivity contribution is 7.90. The average molecular weight is 685 g/mol. The van der Waals surface area contributed by atoms with E-state index in [1.165, 1.54) is 0 Å². The maximum absolute atomic E-state index is 13.2. The van der Waals surface area contributed by atoms with Crippen LogP contribution in [0.3, 0.4) is 0 Å². The lowest BCUT2D eigenvalue weighted by molar-refractivity contribution is -0.118. The Morgan fingerprint density at radius 2 is 1.82 bits per heavy atom. The Morgan fingerprint density at radius 1 is 1.04 bits per heavy atom. The van der Waals surface area contributed by atoms with Crippen molar-refractivity contribution >= 4 is 44.2 Å². The summed E-state index contributed by atoms with van der Waals surface area (Å²) < 4.78 is 28.9. The Hall–Kier alpha value is -4.66. The quantitative estimate of drug-likeness (QED) is 0.211. The lowest BCUT2D eigenvalue weighted by Crippen LogP contribution is -2.48. The molecule has 6 heterocycles. The molecular weight excluding hydrogens is 645 g/mol. The number of aromatic amines is 1. The van der Waals surface area contributed by atoms with Gasteiger partial charge in [-0.3, -0.25) is 19.5 Å². The lowest BCUT2D eigenvalue weighted by Gasteiger charge is -2.35. The second-order valence-corrected chi connectivity index (χ2v) is 15.4. The monoisotopic (exact) mass is 684 g/mol. The maximum atomic E-state index is 13.2. The number of hydrogen-bond acceptors (Lipinski definition) is 10. The number of nitrogens with zero attached hydrogens (tertiary/aromatic N) is 5. The molecule has 7 rings (SSSR count). The molecule has 2 amide bonds. The summed E-state index contributed by atoms with van der Waals surface area (Å²) in [6.45, 7) is 7.11. The SMILES string of the molecule is C=C(CS(C)(=O)=O)C(=O)N[C@@H]1CCCN(Cc2ccnc(C(=O)Nc3ccc(-c4cc5c(N6[C@@H]7CC[C@H]6COC7)ncnc5[nH]4)cc3)c2)C1. The van der Waals surface area contributed by atoms with Gasteiger partial charge in [0.2, 0.25) is 5.91 Å². The number of piperidine rings is 1. The molecule has 4 aromatic rings. The highest BCUT2D eigenvalue weighted by atomic mass is 32.2. The van der Waals surface area contributed by atoms with Crippen molar-refractivity contribution in [1.29, 1.82) is 0 Å². The Bertz CT molecular complexity index is 1980. The number of rotatable bonds is 10. The molecule has 14 heteroatoms. The van der Waals surface area contributed by atoms with Crippen molar-refractivity contribution in [3.8, 4) is 11.3 Å². The van der Waals surface area contributed by atoms with E-state index in [-0.39, 0.29) is 23.3 Å². The summed E-state index contributed by atoms with van der Waals surface area (Å²) in [4.78, 5) is 47.2. The van der Waals surface area contributed by atoms with E-state index < -0.39 is 15.7 Å². The first-order valence-corrected chi connectivity index (χ1v) is 18.6. The van der Waals surface area contributed by atoms with Gasteiger partial charge in [-0.25, -0.2) is 18.4 Å². The molecule has 49 heavy (non-hydrogen) atoms. The lowest BCUT2D eigenvalue weighted by atomic mass is 10.0. The van der Waals surface area contributed by atoms with E-state index in [4.69, 9.17) is 4.74 Å². The van der Waals surface area contributed by atoms with Gasteiger partial charge in [-0.15, -0.1) is 0 Å². The summed E-state index contributed by atoms with van der Waals surface area (Å²) in [7, 11) is -3.34. The molecule has 256 valence electrons. The number of amides is 2. The predicted molar refractivity (Wildman–Crippen MR) is 187 cm³/mol. The second-order valence-electron chi connectivity index (χ2n) is 13.3. The largest absolute Gasteiger partial charge is 0.377 e. The van der Waals surface area contributed by atoms with E-state index in [9.17, 15) is 18.0 Å². The van der Waals surface area contributed by atoms with Crippen LogP contribution < -0.4 is 15.5 Å². The minimum atomic E-state index is -3.34. The molecule has 13 nitrogen and oxygen atoms in total. The van der Waals surface area contributed by atoms with Gasteiger partial charge in [-0.1, -0.05) is 18.7 Å². The number of ether oxygens (including phenoxy) is 1. The molecule has 3 saturated heterocycles. The van der Waals surface area contributed by atoms with Gasteiger partial charge in [0, 0.05) is 48.5 Å². The summed E-state index contributed by atoms with van der Waals surface area (Å²) in [5, 5.41) is 6.86. The molecule has 2 bridgehead atoms. The Morgan fingerprint density at radius 3 is 2.57 bits per heavy atom. The zero-order valence-corrected chi connectivity index (χ0v) is 28.2. The zero-order chi connectivity index (χ0) is 34.1. The highest BCUT2D eigenvalue weighted by Crippen LogP contribution is 2.37. The molecule has 1 aromatic carbocycles. The summed E-state index contributed by atoms with van der Waals surface area (Å²) in [5.74, 6) is -0.165. The number of morpholine rings is 1.